The fourth-order valence-electron chi connectivity index (χ4n) is 1.87. The number of hydrogen-bond acceptors (Lipinski definition) is 2. The molecule has 106 valence electrons. The molecule has 0 atom stereocenters. The Balaban J connectivity index is 2.21. The molecular formula is C16H17Cl2NO. The number of rotatable bonds is 5. The van der Waals surface area contributed by atoms with Crippen LogP contribution in [0.15, 0.2) is 42.5 Å². The average Bonchev–Trinajstić information content (AvgIpc) is 2.40. The molecule has 2 nitrogen and oxygen atoms in total. The summed E-state index contributed by atoms with van der Waals surface area (Å²) in [6.07, 6.45) is 0.0594. The molecule has 0 aliphatic heterocycles. The molecule has 0 aliphatic rings. The van der Waals surface area contributed by atoms with Gasteiger partial charge in [-0.2, -0.15) is 0 Å². The van der Waals surface area contributed by atoms with Crippen LogP contribution >= 0.6 is 23.2 Å². The van der Waals surface area contributed by atoms with E-state index in [9.17, 15) is 0 Å². The Morgan fingerprint density at radius 1 is 1.10 bits per heavy atom. The van der Waals surface area contributed by atoms with E-state index in [1.807, 2.05) is 50.2 Å². The summed E-state index contributed by atoms with van der Waals surface area (Å²) in [6.45, 7) is 4.55. The minimum atomic E-state index is 0.0594. The zero-order chi connectivity index (χ0) is 14.5. The van der Waals surface area contributed by atoms with Crippen molar-refractivity contribution in [3.8, 4) is 5.75 Å². The highest BCUT2D eigenvalue weighted by Gasteiger charge is 2.12. The third-order valence-corrected chi connectivity index (χ3v) is 3.19. The highest BCUT2D eigenvalue weighted by molar-refractivity contribution is 6.35. The summed E-state index contributed by atoms with van der Waals surface area (Å²) in [4.78, 5) is 0. The van der Waals surface area contributed by atoms with E-state index in [1.54, 1.807) is 6.07 Å². The normalized spacial score (nSPS) is 10.7. The predicted octanol–water partition coefficient (Wildman–Crippen LogP) is 5.39. The van der Waals surface area contributed by atoms with Gasteiger partial charge >= 0.3 is 0 Å². The number of nitrogens with one attached hydrogen (secondary N) is 1. The predicted molar refractivity (Wildman–Crippen MR) is 86.0 cm³/mol. The minimum Gasteiger partial charge on any atom is -0.489 e. The summed E-state index contributed by atoms with van der Waals surface area (Å²) in [7, 11) is 0. The van der Waals surface area contributed by atoms with Crippen molar-refractivity contribution in [1.29, 1.82) is 0 Å². The lowest BCUT2D eigenvalue weighted by Crippen LogP contribution is -2.10. The Kier molecular flexibility index (Phi) is 5.16. The number of halogens is 2. The first kappa shape index (κ1) is 15.0. The van der Waals surface area contributed by atoms with Crippen LogP contribution in [0.2, 0.25) is 10.0 Å². The fourth-order valence-corrected chi connectivity index (χ4v) is 2.45. The quantitative estimate of drug-likeness (QED) is 0.799. The van der Waals surface area contributed by atoms with Gasteiger partial charge in [0.1, 0.15) is 5.75 Å². The largest absolute Gasteiger partial charge is 0.489 e. The molecule has 0 spiro atoms. The molecule has 2 aromatic carbocycles. The zero-order valence-corrected chi connectivity index (χ0v) is 13.0. The van der Waals surface area contributed by atoms with E-state index in [0.29, 0.717) is 22.3 Å². The molecule has 0 saturated heterocycles. The molecule has 0 saturated carbocycles. The number of anilines is 1. The van der Waals surface area contributed by atoms with Gasteiger partial charge in [-0.1, -0.05) is 41.4 Å². The van der Waals surface area contributed by atoms with Crippen LogP contribution in [0.25, 0.3) is 0 Å². The lowest BCUT2D eigenvalue weighted by Gasteiger charge is -2.17. The van der Waals surface area contributed by atoms with Gasteiger partial charge in [0, 0.05) is 22.8 Å². The van der Waals surface area contributed by atoms with Crippen LogP contribution in [0.1, 0.15) is 19.4 Å². The van der Waals surface area contributed by atoms with Crippen molar-refractivity contribution in [3.05, 3.63) is 58.1 Å². The van der Waals surface area contributed by atoms with Crippen molar-refractivity contribution >= 4 is 28.9 Å². The van der Waals surface area contributed by atoms with Gasteiger partial charge in [0.2, 0.25) is 0 Å². The van der Waals surface area contributed by atoms with Gasteiger partial charge in [-0.3, -0.25) is 0 Å². The summed E-state index contributed by atoms with van der Waals surface area (Å²) >= 11 is 12.3. The van der Waals surface area contributed by atoms with E-state index in [-0.39, 0.29) is 6.10 Å². The number of ether oxygens (including phenoxy) is 1. The summed E-state index contributed by atoms with van der Waals surface area (Å²) in [5.74, 6) is 0.689. The molecule has 0 radical (unpaired) electrons. The second-order valence-corrected chi connectivity index (χ2v) is 5.61. The van der Waals surface area contributed by atoms with Gasteiger partial charge in [-0.15, -0.1) is 0 Å². The molecule has 0 aliphatic carbocycles. The van der Waals surface area contributed by atoms with E-state index in [4.69, 9.17) is 27.9 Å². The fraction of sp³-hybridized carbons (Fsp3) is 0.250. The zero-order valence-electron chi connectivity index (χ0n) is 11.5. The van der Waals surface area contributed by atoms with Crippen LogP contribution in [-0.2, 0) is 6.54 Å². The Morgan fingerprint density at radius 2 is 1.80 bits per heavy atom. The van der Waals surface area contributed by atoms with Crippen LogP contribution in [0.4, 0.5) is 5.69 Å². The molecule has 1 N–H and O–H groups in total. The van der Waals surface area contributed by atoms with Crippen molar-refractivity contribution in [2.45, 2.75) is 26.5 Å². The Labute approximate surface area is 129 Å². The van der Waals surface area contributed by atoms with Crippen molar-refractivity contribution in [2.75, 3.05) is 5.32 Å². The Bertz CT molecular complexity index is 570. The third kappa shape index (κ3) is 4.06. The molecule has 2 rings (SSSR count). The minimum absolute atomic E-state index is 0.0594. The lowest BCUT2D eigenvalue weighted by atomic mass is 10.2. The molecule has 0 amide bonds. The van der Waals surface area contributed by atoms with E-state index < -0.39 is 0 Å². The third-order valence-electron chi connectivity index (χ3n) is 2.70. The van der Waals surface area contributed by atoms with Gasteiger partial charge in [-0.25, -0.2) is 0 Å². The van der Waals surface area contributed by atoms with Crippen molar-refractivity contribution in [3.63, 3.8) is 0 Å². The molecule has 2 aromatic rings. The number of benzene rings is 2. The number of para-hydroxylation sites is 1. The monoisotopic (exact) mass is 309 g/mol. The van der Waals surface area contributed by atoms with Gasteiger partial charge < -0.3 is 10.1 Å². The molecule has 0 heterocycles. The van der Waals surface area contributed by atoms with E-state index in [2.05, 4.69) is 5.32 Å². The van der Waals surface area contributed by atoms with Crippen LogP contribution in [-0.4, -0.2) is 6.10 Å². The van der Waals surface area contributed by atoms with Crippen LogP contribution < -0.4 is 10.1 Å². The molecule has 0 aromatic heterocycles. The van der Waals surface area contributed by atoms with Crippen molar-refractivity contribution in [1.82, 2.24) is 0 Å². The maximum atomic E-state index is 6.22. The summed E-state index contributed by atoms with van der Waals surface area (Å²) in [5.41, 5.74) is 1.99. The van der Waals surface area contributed by atoms with Gasteiger partial charge in [0.25, 0.3) is 0 Å². The topological polar surface area (TPSA) is 21.3 Å². The first-order valence-electron chi connectivity index (χ1n) is 6.49. The first-order chi connectivity index (χ1) is 9.56. The summed E-state index contributed by atoms with van der Waals surface area (Å²) in [5, 5.41) is 4.48. The molecule has 0 fully saturated rings. The van der Waals surface area contributed by atoms with Crippen molar-refractivity contribution in [2.24, 2.45) is 0 Å². The van der Waals surface area contributed by atoms with Crippen molar-refractivity contribution < 1.29 is 4.74 Å². The van der Waals surface area contributed by atoms with Crippen LogP contribution in [0.3, 0.4) is 0 Å². The van der Waals surface area contributed by atoms with Gasteiger partial charge in [-0.05, 0) is 38.1 Å². The van der Waals surface area contributed by atoms with Crippen LogP contribution in [0, 0.1) is 0 Å². The highest BCUT2D eigenvalue weighted by Crippen LogP contribution is 2.33. The van der Waals surface area contributed by atoms with Gasteiger partial charge in [0.05, 0.1) is 11.1 Å². The lowest BCUT2D eigenvalue weighted by molar-refractivity contribution is 0.240. The van der Waals surface area contributed by atoms with Gasteiger partial charge in [0.15, 0.2) is 0 Å². The molecule has 0 unspecified atom stereocenters. The second-order valence-electron chi connectivity index (χ2n) is 4.76. The Morgan fingerprint density at radius 3 is 2.45 bits per heavy atom. The number of hydrogen-bond donors (Lipinski definition) is 1. The first-order valence-corrected chi connectivity index (χ1v) is 7.25. The van der Waals surface area contributed by atoms with E-state index >= 15 is 0 Å². The second kappa shape index (κ2) is 6.87. The molecular weight excluding hydrogens is 293 g/mol. The SMILES string of the molecule is CC(C)Oc1c(Cl)cc(Cl)cc1CNc1ccccc1. The summed E-state index contributed by atoms with van der Waals surface area (Å²) in [6, 6.07) is 13.5. The Hall–Kier alpha value is -1.38. The average molecular weight is 310 g/mol. The maximum Gasteiger partial charge on any atom is 0.143 e. The molecule has 4 heteroatoms. The molecule has 20 heavy (non-hydrogen) atoms. The molecule has 0 bridgehead atoms. The van der Waals surface area contributed by atoms with Crippen LogP contribution in [0.5, 0.6) is 5.75 Å². The highest BCUT2D eigenvalue weighted by atomic mass is 35.5. The maximum absolute atomic E-state index is 6.22. The summed E-state index contributed by atoms with van der Waals surface area (Å²) < 4.78 is 5.79. The smallest absolute Gasteiger partial charge is 0.143 e. The van der Waals surface area contributed by atoms with E-state index in [1.165, 1.54) is 0 Å². The van der Waals surface area contributed by atoms with E-state index in [0.717, 1.165) is 11.3 Å². The standard InChI is InChI=1S/C16H17Cl2NO/c1-11(2)20-16-12(8-13(17)9-15(16)18)10-19-14-6-4-3-5-7-14/h3-9,11,19H,10H2,1-2H3.